The van der Waals surface area contributed by atoms with E-state index in [9.17, 15) is 9.59 Å². The molecule has 2 rings (SSSR count). The van der Waals surface area contributed by atoms with Crippen LogP contribution in [-0.2, 0) is 16.0 Å². The van der Waals surface area contributed by atoms with E-state index in [0.717, 1.165) is 5.56 Å². The summed E-state index contributed by atoms with van der Waals surface area (Å²) in [4.78, 5) is 29.4. The summed E-state index contributed by atoms with van der Waals surface area (Å²) in [7, 11) is 0. The average molecular weight is 275 g/mol. The normalized spacial score (nSPS) is 12.4. The molecule has 0 aliphatic carbocycles. The molecule has 0 aromatic carbocycles. The molecule has 0 unspecified atom stereocenters. The molecule has 0 aliphatic rings. The van der Waals surface area contributed by atoms with Crippen LogP contribution in [0.3, 0.4) is 0 Å². The molecular formula is C13H13N3O4. The molecule has 1 amide bonds. The highest BCUT2D eigenvalue weighted by Gasteiger charge is 2.19. The molecule has 0 saturated carbocycles. The summed E-state index contributed by atoms with van der Waals surface area (Å²) in [6.45, 7) is 0. The van der Waals surface area contributed by atoms with E-state index in [1.54, 1.807) is 6.07 Å². The summed E-state index contributed by atoms with van der Waals surface area (Å²) in [5.41, 5.74) is 1.36. The zero-order chi connectivity index (χ0) is 14.4. The summed E-state index contributed by atoms with van der Waals surface area (Å²) in [6.07, 6.45) is 8.86. The van der Waals surface area contributed by atoms with Crippen LogP contribution in [0.5, 0.6) is 0 Å². The number of H-pyrrole nitrogens is 1. The maximum Gasteiger partial charge on any atom is 0.326 e. The SMILES string of the molecule is O=C(/C=C/c1ccoc1)N[C@H](Cc1cnc[nH]1)C(=O)O. The number of rotatable bonds is 6. The van der Waals surface area contributed by atoms with Gasteiger partial charge in [0.2, 0.25) is 5.91 Å². The zero-order valence-corrected chi connectivity index (χ0v) is 10.4. The number of aromatic amines is 1. The van der Waals surface area contributed by atoms with Gasteiger partial charge in [-0.3, -0.25) is 4.79 Å². The van der Waals surface area contributed by atoms with Crippen molar-refractivity contribution in [2.75, 3.05) is 0 Å². The second kappa shape index (κ2) is 6.37. The summed E-state index contributed by atoms with van der Waals surface area (Å²) < 4.78 is 4.85. The average Bonchev–Trinajstić information content (AvgIpc) is 3.08. The van der Waals surface area contributed by atoms with Crippen molar-refractivity contribution in [3.63, 3.8) is 0 Å². The number of carboxylic acid groups (broad SMARTS) is 1. The molecule has 3 N–H and O–H groups in total. The predicted octanol–water partition coefficient (Wildman–Crippen LogP) is 0.828. The number of aliphatic carboxylic acids is 1. The Hall–Kier alpha value is -2.83. The predicted molar refractivity (Wildman–Crippen MR) is 69.6 cm³/mol. The standard InChI is InChI=1S/C13H13N3O4/c17-12(2-1-9-3-4-20-7-9)16-11(13(18)19)5-10-6-14-8-15-10/h1-4,6-8,11H,5H2,(H,14,15)(H,16,17)(H,18,19)/b2-1+/t11-/m1/s1. The first-order chi connectivity index (χ1) is 9.65. The second-order valence-electron chi connectivity index (χ2n) is 4.07. The van der Waals surface area contributed by atoms with E-state index in [1.165, 1.54) is 37.2 Å². The number of nitrogens with zero attached hydrogens (tertiary/aromatic N) is 1. The lowest BCUT2D eigenvalue weighted by Gasteiger charge is -2.11. The van der Waals surface area contributed by atoms with Gasteiger partial charge in [0.25, 0.3) is 0 Å². The lowest BCUT2D eigenvalue weighted by molar-refractivity contribution is -0.141. The van der Waals surface area contributed by atoms with Crippen LogP contribution >= 0.6 is 0 Å². The number of amides is 1. The van der Waals surface area contributed by atoms with E-state index < -0.39 is 17.9 Å². The van der Waals surface area contributed by atoms with Crippen LogP contribution in [0.4, 0.5) is 0 Å². The van der Waals surface area contributed by atoms with Gasteiger partial charge in [0.05, 0.1) is 18.9 Å². The molecule has 0 aliphatic heterocycles. The Morgan fingerprint density at radius 3 is 3.00 bits per heavy atom. The topological polar surface area (TPSA) is 108 Å². The van der Waals surface area contributed by atoms with Gasteiger partial charge in [-0.1, -0.05) is 0 Å². The minimum absolute atomic E-state index is 0.140. The molecule has 0 saturated heterocycles. The molecule has 2 heterocycles. The van der Waals surface area contributed by atoms with E-state index in [4.69, 9.17) is 9.52 Å². The Morgan fingerprint density at radius 2 is 2.40 bits per heavy atom. The van der Waals surface area contributed by atoms with Crippen LogP contribution in [0, 0.1) is 0 Å². The number of nitrogens with one attached hydrogen (secondary N) is 2. The summed E-state index contributed by atoms with van der Waals surface area (Å²) in [6, 6.07) is 0.667. The number of carbonyl (C=O) groups is 2. The number of hydrogen-bond acceptors (Lipinski definition) is 4. The van der Waals surface area contributed by atoms with Crippen molar-refractivity contribution >= 4 is 18.0 Å². The van der Waals surface area contributed by atoms with Crippen molar-refractivity contribution in [1.82, 2.24) is 15.3 Å². The van der Waals surface area contributed by atoms with Crippen LogP contribution in [0.15, 0.2) is 41.6 Å². The quantitative estimate of drug-likeness (QED) is 0.676. The fraction of sp³-hybridized carbons (Fsp3) is 0.154. The van der Waals surface area contributed by atoms with Crippen molar-refractivity contribution in [2.45, 2.75) is 12.5 Å². The van der Waals surface area contributed by atoms with E-state index in [0.29, 0.717) is 5.69 Å². The van der Waals surface area contributed by atoms with Gasteiger partial charge in [0.15, 0.2) is 0 Å². The van der Waals surface area contributed by atoms with Crippen molar-refractivity contribution in [2.24, 2.45) is 0 Å². The summed E-state index contributed by atoms with van der Waals surface area (Å²) in [5, 5.41) is 11.5. The number of imidazole rings is 1. The molecule has 7 heteroatoms. The fourth-order valence-electron chi connectivity index (χ4n) is 1.58. The second-order valence-corrected chi connectivity index (χ2v) is 4.07. The third-order valence-electron chi connectivity index (χ3n) is 2.56. The molecular weight excluding hydrogens is 262 g/mol. The number of furan rings is 1. The summed E-state index contributed by atoms with van der Waals surface area (Å²) in [5.74, 6) is -1.59. The largest absolute Gasteiger partial charge is 0.480 e. The Balaban J connectivity index is 1.94. The van der Waals surface area contributed by atoms with E-state index >= 15 is 0 Å². The van der Waals surface area contributed by atoms with Crippen molar-refractivity contribution in [3.05, 3.63) is 48.5 Å². The molecule has 0 spiro atoms. The van der Waals surface area contributed by atoms with Crippen molar-refractivity contribution in [1.29, 1.82) is 0 Å². The molecule has 20 heavy (non-hydrogen) atoms. The van der Waals surface area contributed by atoms with Gasteiger partial charge in [-0.05, 0) is 12.1 Å². The summed E-state index contributed by atoms with van der Waals surface area (Å²) >= 11 is 0. The van der Waals surface area contributed by atoms with E-state index in [-0.39, 0.29) is 6.42 Å². The highest BCUT2D eigenvalue weighted by atomic mass is 16.4. The van der Waals surface area contributed by atoms with E-state index in [2.05, 4.69) is 15.3 Å². The molecule has 104 valence electrons. The fourth-order valence-corrected chi connectivity index (χ4v) is 1.58. The Morgan fingerprint density at radius 1 is 1.55 bits per heavy atom. The maximum atomic E-state index is 11.7. The highest BCUT2D eigenvalue weighted by molar-refractivity contribution is 5.94. The smallest absolute Gasteiger partial charge is 0.326 e. The van der Waals surface area contributed by atoms with Crippen LogP contribution in [0.1, 0.15) is 11.3 Å². The first kappa shape index (κ1) is 13.6. The monoisotopic (exact) mass is 275 g/mol. The van der Waals surface area contributed by atoms with Gasteiger partial charge in [-0.25, -0.2) is 9.78 Å². The van der Waals surface area contributed by atoms with Crippen LogP contribution in [-0.4, -0.2) is 33.0 Å². The Labute approximate surface area is 114 Å². The molecule has 2 aromatic rings. The Kier molecular flexibility index (Phi) is 4.33. The molecule has 7 nitrogen and oxygen atoms in total. The molecule has 0 bridgehead atoms. The van der Waals surface area contributed by atoms with Crippen molar-refractivity contribution in [3.8, 4) is 0 Å². The number of carboxylic acids is 1. The molecule has 2 aromatic heterocycles. The van der Waals surface area contributed by atoms with Gasteiger partial charge in [0, 0.05) is 30.0 Å². The van der Waals surface area contributed by atoms with Crippen molar-refractivity contribution < 1.29 is 19.1 Å². The van der Waals surface area contributed by atoms with E-state index in [1.807, 2.05) is 0 Å². The third-order valence-corrected chi connectivity index (χ3v) is 2.56. The lowest BCUT2D eigenvalue weighted by Crippen LogP contribution is -2.41. The van der Waals surface area contributed by atoms with Crippen LogP contribution < -0.4 is 5.32 Å². The highest BCUT2D eigenvalue weighted by Crippen LogP contribution is 2.03. The zero-order valence-electron chi connectivity index (χ0n) is 10.4. The lowest BCUT2D eigenvalue weighted by atomic mass is 10.1. The number of aromatic nitrogens is 2. The van der Waals surface area contributed by atoms with Gasteiger partial charge >= 0.3 is 5.97 Å². The first-order valence-electron chi connectivity index (χ1n) is 5.86. The minimum atomic E-state index is -1.11. The number of hydrogen-bond donors (Lipinski definition) is 3. The molecule has 0 fully saturated rings. The van der Waals surface area contributed by atoms with Gasteiger partial charge < -0.3 is 19.8 Å². The first-order valence-corrected chi connectivity index (χ1v) is 5.86. The third kappa shape index (κ3) is 3.84. The van der Waals surface area contributed by atoms with Gasteiger partial charge in [-0.2, -0.15) is 0 Å². The molecule has 0 radical (unpaired) electrons. The Bertz CT molecular complexity index is 587. The van der Waals surface area contributed by atoms with Crippen LogP contribution in [0.2, 0.25) is 0 Å². The number of carbonyl (C=O) groups excluding carboxylic acids is 1. The maximum absolute atomic E-state index is 11.7. The minimum Gasteiger partial charge on any atom is -0.480 e. The van der Waals surface area contributed by atoms with Gasteiger partial charge in [0.1, 0.15) is 6.04 Å². The molecule has 1 atom stereocenters. The van der Waals surface area contributed by atoms with Crippen LogP contribution in [0.25, 0.3) is 6.08 Å². The van der Waals surface area contributed by atoms with Gasteiger partial charge in [-0.15, -0.1) is 0 Å².